The molecule has 0 aliphatic carbocycles. The predicted molar refractivity (Wildman–Crippen MR) is 107 cm³/mol. The van der Waals surface area contributed by atoms with Crippen molar-refractivity contribution < 1.29 is 9.59 Å². The summed E-state index contributed by atoms with van der Waals surface area (Å²) in [6, 6.07) is 13.5. The summed E-state index contributed by atoms with van der Waals surface area (Å²) in [5.41, 5.74) is 3.42. The second kappa shape index (κ2) is 8.10. The lowest BCUT2D eigenvalue weighted by molar-refractivity contribution is -0.116. The number of carbonyl (C=O) groups is 2. The lowest BCUT2D eigenvalue weighted by Crippen LogP contribution is -2.12. The maximum absolute atomic E-state index is 12.2. The van der Waals surface area contributed by atoms with Crippen LogP contribution < -0.4 is 10.6 Å². The van der Waals surface area contributed by atoms with Crippen LogP contribution in [0.15, 0.2) is 42.5 Å². The molecule has 3 rings (SSSR count). The Balaban J connectivity index is 1.50. The van der Waals surface area contributed by atoms with E-state index in [0.717, 1.165) is 40.3 Å². The predicted octanol–water partition coefficient (Wildman–Crippen LogP) is 4.52. The molecule has 0 atom stereocenters. The van der Waals surface area contributed by atoms with Gasteiger partial charge >= 0.3 is 0 Å². The summed E-state index contributed by atoms with van der Waals surface area (Å²) >= 11 is 1.68. The molecule has 2 aromatic carbocycles. The van der Waals surface area contributed by atoms with E-state index in [1.165, 1.54) is 11.6 Å². The number of fused-ring (bicyclic) bond motifs is 1. The number of nitrogens with one attached hydrogen (secondary N) is 2. The van der Waals surface area contributed by atoms with E-state index >= 15 is 0 Å². The molecule has 2 N–H and O–H groups in total. The van der Waals surface area contributed by atoms with Crippen LogP contribution in [0.5, 0.6) is 0 Å². The van der Waals surface area contributed by atoms with E-state index in [-0.39, 0.29) is 11.8 Å². The summed E-state index contributed by atoms with van der Waals surface area (Å²) in [6.07, 6.45) is 2.00. The smallest absolute Gasteiger partial charge is 0.224 e. The Kier molecular flexibility index (Phi) is 5.63. The molecular weight excluding hydrogens is 346 g/mol. The second-order valence-electron chi connectivity index (χ2n) is 6.19. The van der Waals surface area contributed by atoms with Crippen molar-refractivity contribution >= 4 is 44.7 Å². The Bertz CT molecular complexity index is 916. The van der Waals surface area contributed by atoms with E-state index in [9.17, 15) is 9.59 Å². The standard InChI is InChI=1S/C20H21N3O2S/c1-13-12-15(10-11-16(13)21-14(2)24)22-19(25)8-5-9-20-23-17-6-3-4-7-18(17)26-20/h3-4,6-7,10-12H,5,8-9H2,1-2H3,(H,21,24)(H,22,25). The van der Waals surface area contributed by atoms with Crippen molar-refractivity contribution in [3.05, 3.63) is 53.0 Å². The van der Waals surface area contributed by atoms with Gasteiger partial charge in [0.1, 0.15) is 0 Å². The zero-order valence-corrected chi connectivity index (χ0v) is 15.7. The van der Waals surface area contributed by atoms with Crippen molar-refractivity contribution in [2.45, 2.75) is 33.1 Å². The number of carbonyl (C=O) groups excluding carboxylic acids is 2. The number of para-hydroxylation sites is 1. The van der Waals surface area contributed by atoms with E-state index in [4.69, 9.17) is 0 Å². The number of hydrogen-bond donors (Lipinski definition) is 2. The van der Waals surface area contributed by atoms with Crippen LogP contribution in [0.1, 0.15) is 30.3 Å². The third-order valence-corrected chi connectivity index (χ3v) is 5.05. The largest absolute Gasteiger partial charge is 0.326 e. The lowest BCUT2D eigenvalue weighted by Gasteiger charge is -2.10. The van der Waals surface area contributed by atoms with Gasteiger partial charge in [0.25, 0.3) is 0 Å². The molecule has 2 amide bonds. The van der Waals surface area contributed by atoms with Gasteiger partial charge in [-0.3, -0.25) is 9.59 Å². The summed E-state index contributed by atoms with van der Waals surface area (Å²) < 4.78 is 1.18. The van der Waals surface area contributed by atoms with Crippen LogP contribution in [-0.4, -0.2) is 16.8 Å². The van der Waals surface area contributed by atoms with E-state index < -0.39 is 0 Å². The van der Waals surface area contributed by atoms with Gasteiger partial charge in [-0.15, -0.1) is 11.3 Å². The van der Waals surface area contributed by atoms with E-state index in [1.807, 2.05) is 31.2 Å². The SMILES string of the molecule is CC(=O)Nc1ccc(NC(=O)CCCc2nc3ccccc3s2)cc1C. The molecule has 6 heteroatoms. The molecule has 0 bridgehead atoms. The monoisotopic (exact) mass is 367 g/mol. The summed E-state index contributed by atoms with van der Waals surface area (Å²) in [5.74, 6) is -0.127. The number of anilines is 2. The van der Waals surface area contributed by atoms with Gasteiger partial charge in [0.05, 0.1) is 15.2 Å². The van der Waals surface area contributed by atoms with Gasteiger partial charge in [-0.05, 0) is 55.7 Å². The highest BCUT2D eigenvalue weighted by atomic mass is 32.1. The van der Waals surface area contributed by atoms with Gasteiger partial charge in [0, 0.05) is 24.7 Å². The first kappa shape index (κ1) is 18.1. The van der Waals surface area contributed by atoms with Crippen LogP contribution in [0.4, 0.5) is 11.4 Å². The topological polar surface area (TPSA) is 71.1 Å². The fourth-order valence-electron chi connectivity index (χ4n) is 2.72. The third kappa shape index (κ3) is 4.67. The number of aryl methyl sites for hydroxylation is 2. The minimum absolute atomic E-state index is 0.0159. The van der Waals surface area contributed by atoms with Crippen molar-refractivity contribution in [2.24, 2.45) is 0 Å². The molecule has 3 aromatic rings. The highest BCUT2D eigenvalue weighted by molar-refractivity contribution is 7.18. The quantitative estimate of drug-likeness (QED) is 0.673. The van der Waals surface area contributed by atoms with Crippen LogP contribution >= 0.6 is 11.3 Å². The molecule has 0 saturated heterocycles. The van der Waals surface area contributed by atoms with Gasteiger partial charge < -0.3 is 10.6 Å². The number of benzene rings is 2. The molecule has 0 aliphatic rings. The van der Waals surface area contributed by atoms with Crippen LogP contribution in [0.25, 0.3) is 10.2 Å². The summed E-state index contributed by atoms with van der Waals surface area (Å²) in [4.78, 5) is 27.9. The fourth-order valence-corrected chi connectivity index (χ4v) is 3.73. The normalized spacial score (nSPS) is 10.7. The Labute approximate surface area is 156 Å². The Morgan fingerprint density at radius 1 is 1.12 bits per heavy atom. The molecule has 1 aromatic heterocycles. The third-order valence-electron chi connectivity index (χ3n) is 3.95. The number of nitrogens with zero attached hydrogens (tertiary/aromatic N) is 1. The maximum Gasteiger partial charge on any atom is 0.224 e. The molecular formula is C20H21N3O2S. The first-order valence-corrected chi connectivity index (χ1v) is 9.35. The molecule has 0 spiro atoms. The van der Waals surface area contributed by atoms with Crippen molar-refractivity contribution in [3.8, 4) is 0 Å². The summed E-state index contributed by atoms with van der Waals surface area (Å²) in [6.45, 7) is 3.37. The zero-order chi connectivity index (χ0) is 18.5. The number of amides is 2. The summed E-state index contributed by atoms with van der Waals surface area (Å²) in [5, 5.41) is 6.73. The Morgan fingerprint density at radius 3 is 2.65 bits per heavy atom. The number of thiazole rings is 1. The van der Waals surface area contributed by atoms with Gasteiger partial charge in [-0.1, -0.05) is 12.1 Å². The van der Waals surface area contributed by atoms with Gasteiger partial charge in [0.15, 0.2) is 0 Å². The van der Waals surface area contributed by atoms with Crippen LogP contribution in [0.3, 0.4) is 0 Å². The molecule has 0 fully saturated rings. The van der Waals surface area contributed by atoms with E-state index in [2.05, 4.69) is 21.7 Å². The second-order valence-corrected chi connectivity index (χ2v) is 7.30. The fraction of sp³-hybridized carbons (Fsp3) is 0.250. The molecule has 0 saturated carbocycles. The minimum Gasteiger partial charge on any atom is -0.326 e. The van der Waals surface area contributed by atoms with Crippen LogP contribution in [0.2, 0.25) is 0 Å². The number of hydrogen-bond acceptors (Lipinski definition) is 4. The average Bonchev–Trinajstić information content (AvgIpc) is 2.99. The van der Waals surface area contributed by atoms with E-state index in [0.29, 0.717) is 6.42 Å². The van der Waals surface area contributed by atoms with Crippen molar-refractivity contribution in [1.82, 2.24) is 4.98 Å². The Hall–Kier alpha value is -2.73. The number of rotatable bonds is 6. The van der Waals surface area contributed by atoms with Gasteiger partial charge in [-0.2, -0.15) is 0 Å². The molecule has 0 unspecified atom stereocenters. The first-order chi connectivity index (χ1) is 12.5. The number of aromatic nitrogens is 1. The van der Waals surface area contributed by atoms with Gasteiger partial charge in [0.2, 0.25) is 11.8 Å². The maximum atomic E-state index is 12.2. The first-order valence-electron chi connectivity index (χ1n) is 8.54. The molecule has 1 heterocycles. The molecule has 26 heavy (non-hydrogen) atoms. The molecule has 134 valence electrons. The zero-order valence-electron chi connectivity index (χ0n) is 14.8. The molecule has 0 aliphatic heterocycles. The highest BCUT2D eigenvalue weighted by Crippen LogP contribution is 2.23. The van der Waals surface area contributed by atoms with Crippen molar-refractivity contribution in [3.63, 3.8) is 0 Å². The lowest BCUT2D eigenvalue weighted by atomic mass is 10.1. The van der Waals surface area contributed by atoms with E-state index in [1.54, 1.807) is 23.5 Å². The molecule has 0 radical (unpaired) electrons. The summed E-state index contributed by atoms with van der Waals surface area (Å²) in [7, 11) is 0. The van der Waals surface area contributed by atoms with Crippen molar-refractivity contribution in [2.75, 3.05) is 10.6 Å². The van der Waals surface area contributed by atoms with Crippen molar-refractivity contribution in [1.29, 1.82) is 0 Å². The minimum atomic E-state index is -0.111. The van der Waals surface area contributed by atoms with Gasteiger partial charge in [-0.25, -0.2) is 4.98 Å². The molecule has 5 nitrogen and oxygen atoms in total. The Morgan fingerprint density at radius 2 is 1.92 bits per heavy atom. The van der Waals surface area contributed by atoms with Crippen LogP contribution in [0, 0.1) is 6.92 Å². The average molecular weight is 367 g/mol. The van der Waals surface area contributed by atoms with Crippen LogP contribution in [-0.2, 0) is 16.0 Å². The highest BCUT2D eigenvalue weighted by Gasteiger charge is 2.07.